The fraction of sp³-hybridized carbons (Fsp3) is 0.304. The molecule has 2 aromatic carbocycles. The number of rotatable bonds is 5. The van der Waals surface area contributed by atoms with Gasteiger partial charge in [0.15, 0.2) is 0 Å². The van der Waals surface area contributed by atoms with Gasteiger partial charge >= 0.3 is 6.09 Å². The maximum Gasteiger partial charge on any atom is 0.412 e. The van der Waals surface area contributed by atoms with E-state index in [9.17, 15) is 9.59 Å². The van der Waals surface area contributed by atoms with Crippen molar-refractivity contribution in [2.45, 2.75) is 45.3 Å². The van der Waals surface area contributed by atoms with Crippen molar-refractivity contribution in [1.29, 1.82) is 0 Å². The predicted octanol–water partition coefficient (Wildman–Crippen LogP) is 5.99. The second-order valence-corrected chi connectivity index (χ2v) is 8.39. The summed E-state index contributed by atoms with van der Waals surface area (Å²) >= 11 is 6.04. The summed E-state index contributed by atoms with van der Waals surface area (Å²) in [5.74, 6) is 0. The second-order valence-electron chi connectivity index (χ2n) is 7.95. The van der Waals surface area contributed by atoms with Gasteiger partial charge in [0.05, 0.1) is 11.2 Å². The lowest BCUT2D eigenvalue weighted by atomic mass is 9.88. The molecule has 1 N–H and O–H groups in total. The van der Waals surface area contributed by atoms with E-state index in [0.29, 0.717) is 17.1 Å². The second kappa shape index (κ2) is 7.91. The molecule has 0 saturated heterocycles. The standard InChI is InChI=1S/C23H25ClN2O3/c1-5-23(15-27,16-9-11-17(24)12-10-16)26-14-13-18-19(7-6-8-20(18)26)25-21(28)29-22(2,3)4/h6-15H,5H2,1-4H3,(H,25,28). The first-order chi connectivity index (χ1) is 13.7. The Balaban J connectivity index is 2.07. The minimum atomic E-state index is -0.878. The van der Waals surface area contributed by atoms with Crippen LogP contribution in [0.5, 0.6) is 0 Å². The number of nitrogens with zero attached hydrogens (tertiary/aromatic N) is 1. The maximum absolute atomic E-state index is 12.4. The lowest BCUT2D eigenvalue weighted by Gasteiger charge is -2.30. The van der Waals surface area contributed by atoms with E-state index in [4.69, 9.17) is 16.3 Å². The zero-order chi connectivity index (χ0) is 21.2. The molecule has 1 heterocycles. The first kappa shape index (κ1) is 20.9. The summed E-state index contributed by atoms with van der Waals surface area (Å²) in [7, 11) is 0. The van der Waals surface area contributed by atoms with Gasteiger partial charge in [-0.3, -0.25) is 5.32 Å². The topological polar surface area (TPSA) is 60.3 Å². The molecule has 1 unspecified atom stereocenters. The lowest BCUT2D eigenvalue weighted by Crippen LogP contribution is -2.35. The van der Waals surface area contributed by atoms with Gasteiger partial charge in [0.25, 0.3) is 0 Å². The quantitative estimate of drug-likeness (QED) is 0.523. The molecule has 3 rings (SSSR count). The van der Waals surface area contributed by atoms with E-state index in [0.717, 1.165) is 22.8 Å². The Hall–Kier alpha value is -2.79. The van der Waals surface area contributed by atoms with E-state index in [2.05, 4.69) is 5.32 Å². The molecule has 5 nitrogen and oxygen atoms in total. The molecule has 3 aromatic rings. The van der Waals surface area contributed by atoms with Gasteiger partial charge in [-0.15, -0.1) is 0 Å². The highest BCUT2D eigenvalue weighted by Gasteiger charge is 2.33. The average molecular weight is 413 g/mol. The summed E-state index contributed by atoms with van der Waals surface area (Å²) in [5.41, 5.74) is 0.844. The number of anilines is 1. The van der Waals surface area contributed by atoms with Gasteiger partial charge in [0, 0.05) is 16.6 Å². The van der Waals surface area contributed by atoms with Crippen molar-refractivity contribution in [1.82, 2.24) is 4.57 Å². The van der Waals surface area contributed by atoms with Crippen LogP contribution < -0.4 is 5.32 Å². The van der Waals surface area contributed by atoms with Gasteiger partial charge in [-0.05, 0) is 63.1 Å². The lowest BCUT2D eigenvalue weighted by molar-refractivity contribution is -0.113. The molecule has 0 saturated carbocycles. The molecule has 0 bridgehead atoms. The van der Waals surface area contributed by atoms with Crippen molar-refractivity contribution in [2.24, 2.45) is 0 Å². The van der Waals surface area contributed by atoms with Crippen LogP contribution in [-0.4, -0.2) is 22.5 Å². The van der Waals surface area contributed by atoms with Crippen LogP contribution >= 0.6 is 11.6 Å². The minimum Gasteiger partial charge on any atom is -0.444 e. The third-order valence-corrected chi connectivity index (χ3v) is 5.13. The summed E-state index contributed by atoms with van der Waals surface area (Å²) in [6.45, 7) is 7.41. The van der Waals surface area contributed by atoms with Crippen molar-refractivity contribution in [2.75, 3.05) is 5.32 Å². The van der Waals surface area contributed by atoms with E-state index >= 15 is 0 Å². The SMILES string of the molecule is CCC(C=O)(c1ccc(Cl)cc1)n1ccc2c(NC(=O)OC(C)(C)C)cccc21. The number of aldehydes is 1. The number of hydrogen-bond acceptors (Lipinski definition) is 3. The molecule has 0 radical (unpaired) electrons. The molecule has 6 heteroatoms. The highest BCUT2D eigenvalue weighted by atomic mass is 35.5. The van der Waals surface area contributed by atoms with Gasteiger partial charge in [0.1, 0.15) is 17.4 Å². The highest BCUT2D eigenvalue weighted by molar-refractivity contribution is 6.30. The molecule has 29 heavy (non-hydrogen) atoms. The summed E-state index contributed by atoms with van der Waals surface area (Å²) in [5, 5.41) is 4.25. The Morgan fingerprint density at radius 3 is 2.41 bits per heavy atom. The van der Waals surface area contributed by atoms with Crippen molar-refractivity contribution < 1.29 is 14.3 Å². The van der Waals surface area contributed by atoms with Crippen LogP contribution in [0.15, 0.2) is 54.7 Å². The van der Waals surface area contributed by atoms with E-state index in [1.165, 1.54) is 0 Å². The number of carbonyl (C=O) groups excluding carboxylic acids is 2. The van der Waals surface area contributed by atoms with Crippen LogP contribution in [0.1, 0.15) is 39.7 Å². The number of fused-ring (bicyclic) bond motifs is 1. The van der Waals surface area contributed by atoms with Crippen LogP contribution in [0.3, 0.4) is 0 Å². The molecule has 0 aliphatic carbocycles. The molecule has 1 amide bonds. The maximum atomic E-state index is 12.4. The van der Waals surface area contributed by atoms with Crippen LogP contribution in [0.2, 0.25) is 5.02 Å². The van der Waals surface area contributed by atoms with Crippen LogP contribution in [-0.2, 0) is 15.1 Å². The zero-order valence-electron chi connectivity index (χ0n) is 17.0. The fourth-order valence-electron chi connectivity index (χ4n) is 3.50. The first-order valence-electron chi connectivity index (χ1n) is 9.53. The number of nitrogens with one attached hydrogen (secondary N) is 1. The van der Waals surface area contributed by atoms with Crippen molar-refractivity contribution in [3.8, 4) is 0 Å². The number of benzene rings is 2. The van der Waals surface area contributed by atoms with Crippen molar-refractivity contribution in [3.05, 3.63) is 65.3 Å². The molecular formula is C23H25ClN2O3. The van der Waals surface area contributed by atoms with E-state index in [1.54, 1.807) is 12.1 Å². The Bertz CT molecular complexity index is 1030. The Labute approximate surface area is 175 Å². The first-order valence-corrected chi connectivity index (χ1v) is 9.91. The molecule has 1 atom stereocenters. The summed E-state index contributed by atoms with van der Waals surface area (Å²) in [6.07, 6.45) is 2.87. The molecule has 0 aliphatic heterocycles. The average Bonchev–Trinajstić information content (AvgIpc) is 3.09. The normalized spacial score (nSPS) is 13.7. The molecule has 1 aromatic heterocycles. The largest absolute Gasteiger partial charge is 0.444 e. The Morgan fingerprint density at radius 1 is 1.14 bits per heavy atom. The number of aromatic nitrogens is 1. The minimum absolute atomic E-state index is 0.521. The van der Waals surface area contributed by atoms with E-state index < -0.39 is 17.2 Å². The zero-order valence-corrected chi connectivity index (χ0v) is 17.8. The molecule has 0 aliphatic rings. The fourth-order valence-corrected chi connectivity index (χ4v) is 3.62. The third-order valence-electron chi connectivity index (χ3n) is 4.88. The van der Waals surface area contributed by atoms with Crippen molar-refractivity contribution >= 4 is 40.6 Å². The summed E-state index contributed by atoms with van der Waals surface area (Å²) < 4.78 is 7.31. The predicted molar refractivity (Wildman–Crippen MR) is 117 cm³/mol. The van der Waals surface area contributed by atoms with E-state index in [-0.39, 0.29) is 0 Å². The van der Waals surface area contributed by atoms with E-state index in [1.807, 2.05) is 74.9 Å². The molecule has 0 fully saturated rings. The number of halogens is 1. The third kappa shape index (κ3) is 4.15. The van der Waals surface area contributed by atoms with Crippen LogP contribution in [0.25, 0.3) is 10.9 Å². The van der Waals surface area contributed by atoms with Gasteiger partial charge < -0.3 is 14.1 Å². The number of carbonyl (C=O) groups is 2. The van der Waals surface area contributed by atoms with Crippen molar-refractivity contribution in [3.63, 3.8) is 0 Å². The molecule has 152 valence electrons. The molecular weight excluding hydrogens is 388 g/mol. The van der Waals surface area contributed by atoms with Crippen LogP contribution in [0.4, 0.5) is 10.5 Å². The summed E-state index contributed by atoms with van der Waals surface area (Å²) in [4.78, 5) is 24.6. The number of hydrogen-bond donors (Lipinski definition) is 1. The monoisotopic (exact) mass is 412 g/mol. The van der Waals surface area contributed by atoms with Gasteiger partial charge in [-0.2, -0.15) is 0 Å². The molecule has 0 spiro atoms. The number of amides is 1. The number of ether oxygens (including phenoxy) is 1. The van der Waals surface area contributed by atoms with Crippen LogP contribution in [0, 0.1) is 0 Å². The Morgan fingerprint density at radius 2 is 1.83 bits per heavy atom. The Kier molecular flexibility index (Phi) is 5.71. The summed E-state index contributed by atoms with van der Waals surface area (Å²) in [6, 6.07) is 14.8. The van der Waals surface area contributed by atoms with Gasteiger partial charge in [0.2, 0.25) is 0 Å². The van der Waals surface area contributed by atoms with Gasteiger partial charge in [-0.1, -0.05) is 36.7 Å². The van der Waals surface area contributed by atoms with Gasteiger partial charge in [-0.25, -0.2) is 4.79 Å². The smallest absolute Gasteiger partial charge is 0.412 e. The highest BCUT2D eigenvalue weighted by Crippen LogP contribution is 2.35.